The third-order valence-corrected chi connectivity index (χ3v) is 3.54. The van der Waals surface area contributed by atoms with Crippen LogP contribution in [0.1, 0.15) is 38.1 Å². The van der Waals surface area contributed by atoms with Crippen molar-refractivity contribution in [1.29, 1.82) is 0 Å². The maximum absolute atomic E-state index is 6.11. The molecule has 112 valence electrons. The highest BCUT2D eigenvalue weighted by Crippen LogP contribution is 2.28. The summed E-state index contributed by atoms with van der Waals surface area (Å²) in [6.45, 7) is 7.26. The molecule has 0 bridgehead atoms. The number of rotatable bonds is 6. The summed E-state index contributed by atoms with van der Waals surface area (Å²) < 4.78 is 0. The fourth-order valence-corrected chi connectivity index (χ4v) is 2.42. The first kappa shape index (κ1) is 15.8. The first-order chi connectivity index (χ1) is 10.2. The highest BCUT2D eigenvalue weighted by atomic mass is 35.5. The maximum atomic E-state index is 6.11. The Morgan fingerprint density at radius 1 is 1.14 bits per heavy atom. The van der Waals surface area contributed by atoms with E-state index in [1.807, 2.05) is 24.3 Å². The molecule has 0 unspecified atom stereocenters. The Labute approximate surface area is 131 Å². The number of nitrogens with zero attached hydrogens (tertiary/aromatic N) is 2. The van der Waals surface area contributed by atoms with Crippen molar-refractivity contribution in [2.75, 3.05) is 11.9 Å². The Hall–Kier alpha value is -1.61. The Morgan fingerprint density at radius 3 is 2.62 bits per heavy atom. The highest BCUT2D eigenvalue weighted by molar-refractivity contribution is 6.30. The number of hydrogen-bond acceptors (Lipinski definition) is 3. The van der Waals surface area contributed by atoms with Crippen molar-refractivity contribution in [2.24, 2.45) is 0 Å². The quantitative estimate of drug-likeness (QED) is 0.826. The van der Waals surface area contributed by atoms with Crippen molar-refractivity contribution in [3.63, 3.8) is 0 Å². The fraction of sp³-hybridized carbons (Fsp3) is 0.412. The molecule has 1 heterocycles. The lowest BCUT2D eigenvalue weighted by atomic mass is 10.1. The number of hydrogen-bond donors (Lipinski definition) is 1. The molecule has 0 saturated carbocycles. The van der Waals surface area contributed by atoms with Gasteiger partial charge in [0.2, 0.25) is 0 Å². The van der Waals surface area contributed by atoms with Gasteiger partial charge in [-0.3, -0.25) is 0 Å². The molecular formula is C17H22ClN3. The minimum absolute atomic E-state index is 0.727. The van der Waals surface area contributed by atoms with Crippen LogP contribution in [-0.4, -0.2) is 16.5 Å². The van der Waals surface area contributed by atoms with Gasteiger partial charge in [-0.05, 0) is 31.9 Å². The van der Waals surface area contributed by atoms with Crippen molar-refractivity contribution >= 4 is 17.4 Å². The van der Waals surface area contributed by atoms with Gasteiger partial charge in [-0.2, -0.15) is 0 Å². The standard InChI is InChI=1S/C17H22ClN3/c1-4-7-15-20-16(13-8-6-9-14(18)11-13)12(3)17(21-15)19-10-5-2/h6,8-9,11H,4-5,7,10H2,1-3H3,(H,19,20,21). The molecule has 1 aromatic heterocycles. The predicted molar refractivity (Wildman–Crippen MR) is 90.0 cm³/mol. The molecule has 3 nitrogen and oxygen atoms in total. The third kappa shape index (κ3) is 3.94. The topological polar surface area (TPSA) is 37.8 Å². The van der Waals surface area contributed by atoms with Gasteiger partial charge in [0.05, 0.1) is 5.69 Å². The molecule has 0 amide bonds. The number of aromatic nitrogens is 2. The van der Waals surface area contributed by atoms with Crippen LogP contribution in [0.15, 0.2) is 24.3 Å². The minimum atomic E-state index is 0.727. The van der Waals surface area contributed by atoms with E-state index in [0.29, 0.717) is 0 Å². The van der Waals surface area contributed by atoms with Crippen LogP contribution in [0.5, 0.6) is 0 Å². The predicted octanol–water partition coefficient (Wildman–Crippen LogP) is 4.88. The Balaban J connectivity index is 2.49. The lowest BCUT2D eigenvalue weighted by Crippen LogP contribution is -2.09. The van der Waals surface area contributed by atoms with Crippen LogP contribution in [0.3, 0.4) is 0 Å². The van der Waals surface area contributed by atoms with E-state index in [1.54, 1.807) is 0 Å². The Morgan fingerprint density at radius 2 is 1.95 bits per heavy atom. The molecule has 1 aromatic carbocycles. The van der Waals surface area contributed by atoms with Crippen molar-refractivity contribution < 1.29 is 0 Å². The van der Waals surface area contributed by atoms with Crippen molar-refractivity contribution in [1.82, 2.24) is 9.97 Å². The summed E-state index contributed by atoms with van der Waals surface area (Å²) in [5.41, 5.74) is 3.08. The Kier molecular flexibility index (Phi) is 5.57. The smallest absolute Gasteiger partial charge is 0.133 e. The third-order valence-electron chi connectivity index (χ3n) is 3.31. The average Bonchev–Trinajstić information content (AvgIpc) is 2.47. The largest absolute Gasteiger partial charge is 0.370 e. The number of halogens is 1. The van der Waals surface area contributed by atoms with Crippen LogP contribution in [0.2, 0.25) is 5.02 Å². The molecule has 1 N–H and O–H groups in total. The number of anilines is 1. The van der Waals surface area contributed by atoms with Gasteiger partial charge in [0, 0.05) is 29.1 Å². The normalized spacial score (nSPS) is 10.7. The van der Waals surface area contributed by atoms with Gasteiger partial charge in [0.15, 0.2) is 0 Å². The van der Waals surface area contributed by atoms with Gasteiger partial charge in [-0.25, -0.2) is 9.97 Å². The molecule has 21 heavy (non-hydrogen) atoms. The van der Waals surface area contributed by atoms with Gasteiger partial charge >= 0.3 is 0 Å². The van der Waals surface area contributed by atoms with Gasteiger partial charge < -0.3 is 5.32 Å². The summed E-state index contributed by atoms with van der Waals surface area (Å²) in [5, 5.41) is 4.13. The van der Waals surface area contributed by atoms with Gasteiger partial charge in [-0.1, -0.05) is 37.6 Å². The average molecular weight is 304 g/mol. The zero-order valence-corrected chi connectivity index (χ0v) is 13.7. The molecule has 0 fully saturated rings. The van der Waals surface area contributed by atoms with E-state index in [1.165, 1.54) is 0 Å². The summed E-state index contributed by atoms with van der Waals surface area (Å²) in [6, 6.07) is 7.83. The van der Waals surface area contributed by atoms with E-state index in [4.69, 9.17) is 16.6 Å². The molecule has 0 aliphatic rings. The molecule has 4 heteroatoms. The molecule has 0 aliphatic carbocycles. The molecular weight excluding hydrogens is 282 g/mol. The van der Waals surface area contributed by atoms with E-state index < -0.39 is 0 Å². The van der Waals surface area contributed by atoms with Crippen molar-refractivity contribution in [2.45, 2.75) is 40.0 Å². The first-order valence-electron chi connectivity index (χ1n) is 7.53. The summed E-state index contributed by atoms with van der Waals surface area (Å²) in [4.78, 5) is 9.39. The summed E-state index contributed by atoms with van der Waals surface area (Å²) >= 11 is 6.11. The molecule has 0 atom stereocenters. The van der Waals surface area contributed by atoms with E-state index >= 15 is 0 Å². The van der Waals surface area contributed by atoms with E-state index in [0.717, 1.165) is 59.3 Å². The van der Waals surface area contributed by atoms with E-state index in [-0.39, 0.29) is 0 Å². The van der Waals surface area contributed by atoms with E-state index in [9.17, 15) is 0 Å². The van der Waals surface area contributed by atoms with Crippen LogP contribution in [0, 0.1) is 6.92 Å². The zero-order chi connectivity index (χ0) is 15.2. The Bertz CT molecular complexity index is 611. The van der Waals surface area contributed by atoms with Crippen LogP contribution >= 0.6 is 11.6 Å². The van der Waals surface area contributed by atoms with Crippen molar-refractivity contribution in [3.8, 4) is 11.3 Å². The summed E-state index contributed by atoms with van der Waals surface area (Å²) in [5.74, 6) is 1.82. The molecule has 0 spiro atoms. The molecule has 0 aliphatic heterocycles. The van der Waals surface area contributed by atoms with Crippen molar-refractivity contribution in [3.05, 3.63) is 40.7 Å². The zero-order valence-electron chi connectivity index (χ0n) is 12.9. The highest BCUT2D eigenvalue weighted by Gasteiger charge is 2.12. The molecule has 0 saturated heterocycles. The number of aryl methyl sites for hydroxylation is 1. The van der Waals surface area contributed by atoms with Gasteiger partial charge in [0.1, 0.15) is 11.6 Å². The summed E-state index contributed by atoms with van der Waals surface area (Å²) in [6.07, 6.45) is 2.99. The van der Waals surface area contributed by atoms with Crippen LogP contribution < -0.4 is 5.32 Å². The molecule has 2 aromatic rings. The SMILES string of the molecule is CCCNc1nc(CCC)nc(-c2cccc(Cl)c2)c1C. The van der Waals surface area contributed by atoms with Crippen LogP contribution in [0.25, 0.3) is 11.3 Å². The first-order valence-corrected chi connectivity index (χ1v) is 7.90. The summed E-state index contributed by atoms with van der Waals surface area (Å²) in [7, 11) is 0. The lowest BCUT2D eigenvalue weighted by Gasteiger charge is -2.14. The van der Waals surface area contributed by atoms with Gasteiger partial charge in [0.25, 0.3) is 0 Å². The van der Waals surface area contributed by atoms with E-state index in [2.05, 4.69) is 31.1 Å². The second kappa shape index (κ2) is 7.41. The molecule has 2 rings (SSSR count). The molecule has 0 radical (unpaired) electrons. The van der Waals surface area contributed by atoms with Crippen LogP contribution in [0.4, 0.5) is 5.82 Å². The minimum Gasteiger partial charge on any atom is -0.370 e. The fourth-order valence-electron chi connectivity index (χ4n) is 2.23. The van der Waals surface area contributed by atoms with Gasteiger partial charge in [-0.15, -0.1) is 0 Å². The monoisotopic (exact) mass is 303 g/mol. The second-order valence-corrected chi connectivity index (χ2v) is 5.59. The van der Waals surface area contributed by atoms with Crippen LogP contribution in [-0.2, 0) is 6.42 Å². The second-order valence-electron chi connectivity index (χ2n) is 5.15. The number of nitrogens with one attached hydrogen (secondary N) is 1. The lowest BCUT2D eigenvalue weighted by molar-refractivity contribution is 0.830. The number of benzene rings is 1. The maximum Gasteiger partial charge on any atom is 0.133 e.